The second kappa shape index (κ2) is 7.28. The van der Waals surface area contributed by atoms with E-state index in [9.17, 15) is 22.8 Å². The summed E-state index contributed by atoms with van der Waals surface area (Å²) in [6.07, 6.45) is -5.16. The van der Waals surface area contributed by atoms with Crippen LogP contribution in [-0.2, 0) is 18.0 Å². The lowest BCUT2D eigenvalue weighted by molar-refractivity contribution is -0.144. The molecule has 140 valence electrons. The SMILES string of the molecule is CC(C)OC(=O)c1cc(-c2nn(C)c(C(F)(F)F)cc2=O)c(Cl)cc1Cl. The number of esters is 1. The predicted octanol–water partition coefficient (Wildman–Crippen LogP) is 4.34. The van der Waals surface area contributed by atoms with Crippen LogP contribution in [0.15, 0.2) is 23.0 Å². The quantitative estimate of drug-likeness (QED) is 0.708. The molecule has 0 spiro atoms. The number of ether oxygens (including phenoxy) is 1. The van der Waals surface area contributed by atoms with Gasteiger partial charge < -0.3 is 4.74 Å². The number of aryl methyl sites for hydroxylation is 1. The Morgan fingerprint density at radius 1 is 1.19 bits per heavy atom. The van der Waals surface area contributed by atoms with Crippen LogP contribution >= 0.6 is 23.2 Å². The zero-order valence-electron chi connectivity index (χ0n) is 13.8. The summed E-state index contributed by atoms with van der Waals surface area (Å²) < 4.78 is 44.2. The molecule has 0 aliphatic heterocycles. The first-order valence-electron chi connectivity index (χ1n) is 7.27. The minimum atomic E-state index is -4.74. The van der Waals surface area contributed by atoms with Crippen molar-refractivity contribution in [3.63, 3.8) is 0 Å². The molecule has 0 amide bonds. The van der Waals surface area contributed by atoms with E-state index in [1.165, 1.54) is 12.1 Å². The van der Waals surface area contributed by atoms with Crippen LogP contribution in [0.1, 0.15) is 29.9 Å². The Balaban J connectivity index is 2.64. The average Bonchev–Trinajstić information content (AvgIpc) is 2.47. The number of halogens is 5. The predicted molar refractivity (Wildman–Crippen MR) is 90.5 cm³/mol. The first-order chi connectivity index (χ1) is 11.9. The third-order valence-corrected chi connectivity index (χ3v) is 3.89. The summed E-state index contributed by atoms with van der Waals surface area (Å²) in [5, 5.41) is 3.60. The van der Waals surface area contributed by atoms with Crippen molar-refractivity contribution in [2.75, 3.05) is 0 Å². The second-order valence-corrected chi connectivity index (χ2v) is 6.44. The molecule has 2 aromatic rings. The topological polar surface area (TPSA) is 61.2 Å². The van der Waals surface area contributed by atoms with Crippen molar-refractivity contribution in [2.45, 2.75) is 26.1 Å². The number of hydrogen-bond acceptors (Lipinski definition) is 4. The molecule has 5 nitrogen and oxygen atoms in total. The Morgan fingerprint density at radius 2 is 1.81 bits per heavy atom. The van der Waals surface area contributed by atoms with Crippen LogP contribution in [0.3, 0.4) is 0 Å². The molecular weight excluding hydrogens is 396 g/mol. The first-order valence-corrected chi connectivity index (χ1v) is 8.03. The highest BCUT2D eigenvalue weighted by Crippen LogP contribution is 2.33. The Morgan fingerprint density at radius 3 is 2.35 bits per heavy atom. The van der Waals surface area contributed by atoms with Crippen molar-refractivity contribution < 1.29 is 22.7 Å². The monoisotopic (exact) mass is 408 g/mol. The molecule has 0 N–H and O–H groups in total. The van der Waals surface area contributed by atoms with E-state index in [-0.39, 0.29) is 26.9 Å². The summed E-state index contributed by atoms with van der Waals surface area (Å²) in [6.45, 7) is 3.27. The molecule has 10 heteroatoms. The summed E-state index contributed by atoms with van der Waals surface area (Å²) in [7, 11) is 1.05. The van der Waals surface area contributed by atoms with E-state index in [1.807, 2.05) is 0 Å². The molecule has 0 bridgehead atoms. The molecule has 0 fully saturated rings. The largest absolute Gasteiger partial charge is 0.459 e. The van der Waals surface area contributed by atoms with Crippen molar-refractivity contribution in [2.24, 2.45) is 7.05 Å². The van der Waals surface area contributed by atoms with Crippen molar-refractivity contribution in [1.82, 2.24) is 9.78 Å². The van der Waals surface area contributed by atoms with Gasteiger partial charge >= 0.3 is 12.1 Å². The van der Waals surface area contributed by atoms with Gasteiger partial charge in [-0.15, -0.1) is 0 Å². The lowest BCUT2D eigenvalue weighted by Gasteiger charge is -2.14. The zero-order valence-corrected chi connectivity index (χ0v) is 15.3. The fourth-order valence-corrected chi connectivity index (χ4v) is 2.71. The van der Waals surface area contributed by atoms with Gasteiger partial charge in [-0.05, 0) is 26.0 Å². The number of hydrogen-bond donors (Lipinski definition) is 0. The molecule has 1 heterocycles. The maximum absolute atomic E-state index is 12.9. The summed E-state index contributed by atoms with van der Waals surface area (Å²) in [4.78, 5) is 24.3. The third-order valence-electron chi connectivity index (χ3n) is 3.26. The van der Waals surface area contributed by atoms with Gasteiger partial charge in [0.25, 0.3) is 0 Å². The molecule has 26 heavy (non-hydrogen) atoms. The molecule has 2 rings (SSSR count). The van der Waals surface area contributed by atoms with Crippen LogP contribution in [0.25, 0.3) is 11.3 Å². The van der Waals surface area contributed by atoms with Crippen LogP contribution in [0.4, 0.5) is 13.2 Å². The van der Waals surface area contributed by atoms with E-state index in [2.05, 4.69) is 5.10 Å². The van der Waals surface area contributed by atoms with E-state index in [0.717, 1.165) is 7.05 Å². The smallest absolute Gasteiger partial charge is 0.433 e. The van der Waals surface area contributed by atoms with Crippen molar-refractivity contribution in [1.29, 1.82) is 0 Å². The number of carbonyl (C=O) groups is 1. The van der Waals surface area contributed by atoms with Crippen molar-refractivity contribution in [3.05, 3.63) is 49.7 Å². The Labute approximate surface area is 156 Å². The molecule has 0 aliphatic carbocycles. The fraction of sp³-hybridized carbons (Fsp3) is 0.312. The number of aromatic nitrogens is 2. The van der Waals surface area contributed by atoms with Crippen LogP contribution in [-0.4, -0.2) is 21.9 Å². The third kappa shape index (κ3) is 4.19. The lowest BCUT2D eigenvalue weighted by atomic mass is 10.1. The normalized spacial score (nSPS) is 11.7. The Bertz CT molecular complexity index is 924. The van der Waals surface area contributed by atoms with Crippen LogP contribution in [0, 0.1) is 0 Å². The van der Waals surface area contributed by atoms with Crippen LogP contribution in [0.2, 0.25) is 10.0 Å². The summed E-state index contributed by atoms with van der Waals surface area (Å²) >= 11 is 12.0. The number of carbonyl (C=O) groups excluding carboxylic acids is 1. The summed E-state index contributed by atoms with van der Waals surface area (Å²) in [5.74, 6) is -0.758. The molecule has 0 atom stereocenters. The Kier molecular flexibility index (Phi) is 5.67. The first kappa shape index (κ1) is 20.3. The maximum Gasteiger partial charge on any atom is 0.433 e. The van der Waals surface area contributed by atoms with Gasteiger partial charge in [-0.1, -0.05) is 23.2 Å². The van der Waals surface area contributed by atoms with Crippen molar-refractivity contribution >= 4 is 29.2 Å². The van der Waals surface area contributed by atoms with Gasteiger partial charge in [0.15, 0.2) is 0 Å². The van der Waals surface area contributed by atoms with Gasteiger partial charge in [0.2, 0.25) is 5.43 Å². The molecule has 0 saturated carbocycles. The second-order valence-electron chi connectivity index (χ2n) is 5.63. The van der Waals surface area contributed by atoms with E-state index in [4.69, 9.17) is 27.9 Å². The molecule has 0 unspecified atom stereocenters. The highest BCUT2D eigenvalue weighted by molar-refractivity contribution is 6.38. The highest BCUT2D eigenvalue weighted by Gasteiger charge is 2.34. The van der Waals surface area contributed by atoms with Gasteiger partial charge in [0, 0.05) is 18.7 Å². The van der Waals surface area contributed by atoms with Crippen molar-refractivity contribution in [3.8, 4) is 11.3 Å². The molecule has 0 aliphatic rings. The zero-order chi connectivity index (χ0) is 19.8. The molecule has 0 saturated heterocycles. The minimum Gasteiger partial charge on any atom is -0.459 e. The average molecular weight is 409 g/mol. The minimum absolute atomic E-state index is 0.0202. The number of benzene rings is 1. The van der Waals surface area contributed by atoms with Gasteiger partial charge in [-0.2, -0.15) is 18.3 Å². The highest BCUT2D eigenvalue weighted by atomic mass is 35.5. The van der Waals surface area contributed by atoms with E-state index in [1.54, 1.807) is 13.8 Å². The van der Waals surface area contributed by atoms with Crippen LogP contribution < -0.4 is 5.43 Å². The van der Waals surface area contributed by atoms with Crippen LogP contribution in [0.5, 0.6) is 0 Å². The lowest BCUT2D eigenvalue weighted by Crippen LogP contribution is -2.22. The number of alkyl halides is 3. The van der Waals surface area contributed by atoms with Gasteiger partial charge in [-0.3, -0.25) is 9.48 Å². The van der Waals surface area contributed by atoms with E-state index < -0.39 is 29.4 Å². The summed E-state index contributed by atoms with van der Waals surface area (Å²) in [5.41, 5.74) is -2.66. The van der Waals surface area contributed by atoms with Gasteiger partial charge in [-0.25, -0.2) is 4.79 Å². The molecule has 1 aromatic carbocycles. The Hall–Kier alpha value is -2.06. The maximum atomic E-state index is 12.9. The number of rotatable bonds is 3. The van der Waals surface area contributed by atoms with Gasteiger partial charge in [0.1, 0.15) is 11.4 Å². The van der Waals surface area contributed by atoms with E-state index >= 15 is 0 Å². The molecule has 0 radical (unpaired) electrons. The molecular formula is C16H13Cl2F3N2O3. The number of nitrogens with zero attached hydrogens (tertiary/aromatic N) is 2. The van der Waals surface area contributed by atoms with E-state index in [0.29, 0.717) is 10.7 Å². The van der Waals surface area contributed by atoms with Gasteiger partial charge in [0.05, 0.1) is 21.7 Å². The summed E-state index contributed by atoms with van der Waals surface area (Å²) in [6, 6.07) is 2.79. The standard InChI is InChI=1S/C16H13Cl2F3N2O3/c1-7(2)26-15(25)9-4-8(10(17)5-11(9)18)14-12(24)6-13(16(19,20)21)23(3)22-14/h4-7H,1-3H3. The molecule has 1 aromatic heterocycles. The fourth-order valence-electron chi connectivity index (χ4n) is 2.16.